The van der Waals surface area contributed by atoms with Crippen molar-refractivity contribution < 1.29 is 0 Å². The highest BCUT2D eigenvalue weighted by Gasteiger charge is 2.10. The van der Waals surface area contributed by atoms with Gasteiger partial charge in [-0.05, 0) is 43.0 Å². The summed E-state index contributed by atoms with van der Waals surface area (Å²) in [5.74, 6) is 0.758. The average Bonchev–Trinajstić information content (AvgIpc) is 2.35. The van der Waals surface area contributed by atoms with Gasteiger partial charge in [-0.15, -0.1) is 0 Å². The van der Waals surface area contributed by atoms with E-state index >= 15 is 0 Å². The van der Waals surface area contributed by atoms with Crippen LogP contribution in [0.1, 0.15) is 45.6 Å². The maximum absolute atomic E-state index is 3.58. The van der Waals surface area contributed by atoms with Crippen molar-refractivity contribution in [1.29, 1.82) is 0 Å². The molecule has 0 aliphatic carbocycles. The molecule has 2 heteroatoms. The van der Waals surface area contributed by atoms with Gasteiger partial charge in [0.2, 0.25) is 0 Å². The van der Waals surface area contributed by atoms with Gasteiger partial charge in [0.05, 0.1) is 0 Å². The molecule has 0 aliphatic heterocycles. The van der Waals surface area contributed by atoms with Crippen LogP contribution in [-0.2, 0) is 6.42 Å². The number of benzene rings is 1. The van der Waals surface area contributed by atoms with E-state index in [1.165, 1.54) is 31.2 Å². The van der Waals surface area contributed by atoms with Crippen molar-refractivity contribution in [1.82, 2.24) is 5.32 Å². The SMILES string of the molecule is CCCCC(CNC(C)C)Cc1ccc(Br)cc1. The van der Waals surface area contributed by atoms with Gasteiger partial charge in [0, 0.05) is 10.5 Å². The Labute approximate surface area is 120 Å². The van der Waals surface area contributed by atoms with E-state index in [1.54, 1.807) is 0 Å². The number of halogens is 1. The van der Waals surface area contributed by atoms with Gasteiger partial charge >= 0.3 is 0 Å². The lowest BCUT2D eigenvalue weighted by molar-refractivity contribution is 0.410. The molecule has 0 saturated carbocycles. The zero-order valence-electron chi connectivity index (χ0n) is 11.9. The minimum Gasteiger partial charge on any atom is -0.314 e. The van der Waals surface area contributed by atoms with Crippen LogP contribution in [0.5, 0.6) is 0 Å². The van der Waals surface area contributed by atoms with Gasteiger partial charge in [0.15, 0.2) is 0 Å². The van der Waals surface area contributed by atoms with Crippen molar-refractivity contribution in [2.75, 3.05) is 6.54 Å². The summed E-state index contributed by atoms with van der Waals surface area (Å²) in [5, 5.41) is 3.58. The first kappa shape index (κ1) is 15.7. The second-order valence-corrected chi connectivity index (χ2v) is 6.32. The van der Waals surface area contributed by atoms with Crippen LogP contribution in [0.4, 0.5) is 0 Å². The summed E-state index contributed by atoms with van der Waals surface area (Å²) in [6.45, 7) is 7.84. The standard InChI is InChI=1S/C16H26BrN/c1-4-5-6-15(12-18-13(2)3)11-14-7-9-16(17)10-8-14/h7-10,13,15,18H,4-6,11-12H2,1-3H3. The summed E-state index contributed by atoms with van der Waals surface area (Å²) >= 11 is 3.49. The zero-order chi connectivity index (χ0) is 13.4. The van der Waals surface area contributed by atoms with Crippen LogP contribution in [0, 0.1) is 5.92 Å². The first-order chi connectivity index (χ1) is 8.61. The summed E-state index contributed by atoms with van der Waals surface area (Å²) in [5.41, 5.74) is 1.45. The minimum absolute atomic E-state index is 0.582. The monoisotopic (exact) mass is 311 g/mol. The number of nitrogens with one attached hydrogen (secondary N) is 1. The molecule has 0 fully saturated rings. The smallest absolute Gasteiger partial charge is 0.0175 e. The van der Waals surface area contributed by atoms with Crippen LogP contribution < -0.4 is 5.32 Å². The van der Waals surface area contributed by atoms with E-state index in [0.717, 1.165) is 16.9 Å². The first-order valence-electron chi connectivity index (χ1n) is 7.09. The maximum Gasteiger partial charge on any atom is 0.0175 e. The van der Waals surface area contributed by atoms with Gasteiger partial charge in [-0.2, -0.15) is 0 Å². The van der Waals surface area contributed by atoms with E-state index in [2.05, 4.69) is 66.3 Å². The predicted octanol–water partition coefficient (Wildman–Crippen LogP) is 4.80. The number of hydrogen-bond acceptors (Lipinski definition) is 1. The summed E-state index contributed by atoms with van der Waals surface area (Å²) in [6.07, 6.45) is 5.14. The molecule has 102 valence electrons. The van der Waals surface area contributed by atoms with Gasteiger partial charge < -0.3 is 5.32 Å². The molecule has 1 aromatic carbocycles. The van der Waals surface area contributed by atoms with E-state index in [1.807, 2.05) is 0 Å². The normalized spacial score (nSPS) is 12.9. The molecule has 0 radical (unpaired) electrons. The predicted molar refractivity (Wildman–Crippen MR) is 84.0 cm³/mol. The molecule has 0 saturated heterocycles. The molecule has 0 spiro atoms. The van der Waals surface area contributed by atoms with Crippen LogP contribution in [0.2, 0.25) is 0 Å². The molecular formula is C16H26BrN. The van der Waals surface area contributed by atoms with Crippen molar-refractivity contribution >= 4 is 15.9 Å². The van der Waals surface area contributed by atoms with Crippen molar-refractivity contribution in [2.45, 2.75) is 52.5 Å². The summed E-state index contributed by atoms with van der Waals surface area (Å²) in [7, 11) is 0. The lowest BCUT2D eigenvalue weighted by Gasteiger charge is -2.19. The largest absolute Gasteiger partial charge is 0.314 e. The Hall–Kier alpha value is -0.340. The molecule has 1 aromatic rings. The molecule has 0 heterocycles. The zero-order valence-corrected chi connectivity index (χ0v) is 13.5. The van der Waals surface area contributed by atoms with Crippen molar-refractivity contribution in [2.24, 2.45) is 5.92 Å². The Balaban J connectivity index is 2.50. The highest BCUT2D eigenvalue weighted by atomic mass is 79.9. The molecule has 1 unspecified atom stereocenters. The average molecular weight is 312 g/mol. The van der Waals surface area contributed by atoms with E-state index in [4.69, 9.17) is 0 Å². The second-order valence-electron chi connectivity index (χ2n) is 5.40. The third kappa shape index (κ3) is 6.55. The Kier molecular flexibility index (Phi) is 7.60. The molecule has 1 nitrogen and oxygen atoms in total. The molecule has 0 bridgehead atoms. The van der Waals surface area contributed by atoms with Gasteiger partial charge in [0.25, 0.3) is 0 Å². The summed E-state index contributed by atoms with van der Waals surface area (Å²) in [6, 6.07) is 9.33. The molecule has 1 rings (SSSR count). The van der Waals surface area contributed by atoms with E-state index in [9.17, 15) is 0 Å². The van der Waals surface area contributed by atoms with Crippen LogP contribution >= 0.6 is 15.9 Å². The third-order valence-electron chi connectivity index (χ3n) is 3.22. The fraction of sp³-hybridized carbons (Fsp3) is 0.625. The second kappa shape index (κ2) is 8.71. The fourth-order valence-corrected chi connectivity index (χ4v) is 2.39. The first-order valence-corrected chi connectivity index (χ1v) is 7.89. The summed E-state index contributed by atoms with van der Waals surface area (Å²) in [4.78, 5) is 0. The Bertz CT molecular complexity index is 318. The molecule has 1 N–H and O–H groups in total. The van der Waals surface area contributed by atoms with Gasteiger partial charge in [-0.3, -0.25) is 0 Å². The number of rotatable bonds is 8. The molecule has 0 amide bonds. The number of hydrogen-bond donors (Lipinski definition) is 1. The topological polar surface area (TPSA) is 12.0 Å². The fourth-order valence-electron chi connectivity index (χ4n) is 2.13. The van der Waals surface area contributed by atoms with Gasteiger partial charge in [-0.25, -0.2) is 0 Å². The molecule has 0 aromatic heterocycles. The highest BCUT2D eigenvalue weighted by molar-refractivity contribution is 9.10. The summed E-state index contributed by atoms with van der Waals surface area (Å²) < 4.78 is 1.16. The molecule has 1 atom stereocenters. The Morgan fingerprint density at radius 1 is 1.17 bits per heavy atom. The van der Waals surface area contributed by atoms with Crippen LogP contribution in [-0.4, -0.2) is 12.6 Å². The van der Waals surface area contributed by atoms with Crippen molar-refractivity contribution in [3.63, 3.8) is 0 Å². The quantitative estimate of drug-likeness (QED) is 0.727. The van der Waals surface area contributed by atoms with E-state index in [-0.39, 0.29) is 0 Å². The minimum atomic E-state index is 0.582. The number of unbranched alkanes of at least 4 members (excludes halogenated alkanes) is 1. The Morgan fingerprint density at radius 3 is 2.39 bits per heavy atom. The lowest BCUT2D eigenvalue weighted by Crippen LogP contribution is -2.30. The van der Waals surface area contributed by atoms with Crippen molar-refractivity contribution in [3.05, 3.63) is 34.3 Å². The highest BCUT2D eigenvalue weighted by Crippen LogP contribution is 2.17. The van der Waals surface area contributed by atoms with E-state index < -0.39 is 0 Å². The van der Waals surface area contributed by atoms with Crippen LogP contribution in [0.15, 0.2) is 28.7 Å². The van der Waals surface area contributed by atoms with Gasteiger partial charge in [-0.1, -0.05) is 61.7 Å². The molecule has 0 aliphatic rings. The van der Waals surface area contributed by atoms with Gasteiger partial charge in [0.1, 0.15) is 0 Å². The molecular weight excluding hydrogens is 286 g/mol. The Morgan fingerprint density at radius 2 is 1.83 bits per heavy atom. The maximum atomic E-state index is 3.58. The van der Waals surface area contributed by atoms with Crippen LogP contribution in [0.3, 0.4) is 0 Å². The molecule has 18 heavy (non-hydrogen) atoms. The van der Waals surface area contributed by atoms with E-state index in [0.29, 0.717) is 6.04 Å². The van der Waals surface area contributed by atoms with Crippen molar-refractivity contribution in [3.8, 4) is 0 Å². The lowest BCUT2D eigenvalue weighted by atomic mass is 9.94. The third-order valence-corrected chi connectivity index (χ3v) is 3.75. The van der Waals surface area contributed by atoms with Crippen LogP contribution in [0.25, 0.3) is 0 Å².